The van der Waals surface area contributed by atoms with E-state index in [9.17, 15) is 5.21 Å². The normalized spacial score (nSPS) is 22.6. The van der Waals surface area contributed by atoms with E-state index in [1.54, 1.807) is 7.05 Å². The molecule has 0 spiro atoms. The van der Waals surface area contributed by atoms with Gasteiger partial charge in [0, 0.05) is 0 Å². The molecule has 0 aliphatic heterocycles. The van der Waals surface area contributed by atoms with Gasteiger partial charge in [0.1, 0.15) is 6.10 Å². The van der Waals surface area contributed by atoms with Crippen LogP contribution in [0.3, 0.4) is 0 Å². The van der Waals surface area contributed by atoms with E-state index in [1.807, 2.05) is 20.8 Å². The van der Waals surface area contributed by atoms with Crippen LogP contribution in [0.5, 0.6) is 0 Å². The van der Waals surface area contributed by atoms with Crippen LogP contribution in [0.15, 0.2) is 5.28 Å². The average molecular weight is 301 g/mol. The van der Waals surface area contributed by atoms with Gasteiger partial charge in [-0.15, -0.1) is 5.01 Å². The first-order valence-electron chi connectivity index (χ1n) is 7.33. The maximum absolute atomic E-state index is 11.7. The molecule has 21 heavy (non-hydrogen) atoms. The topological polar surface area (TPSA) is 85.0 Å². The van der Waals surface area contributed by atoms with Crippen molar-refractivity contribution in [2.45, 2.75) is 71.4 Å². The summed E-state index contributed by atoms with van der Waals surface area (Å²) in [6.45, 7) is 8.10. The fourth-order valence-corrected chi connectivity index (χ4v) is 2.06. The highest BCUT2D eigenvalue weighted by Gasteiger charge is 2.26. The molecule has 0 aromatic heterocycles. The van der Waals surface area contributed by atoms with Crippen LogP contribution < -0.4 is 0 Å². The predicted octanol–water partition coefficient (Wildman–Crippen LogP) is 2.91. The van der Waals surface area contributed by atoms with Crippen LogP contribution in [0, 0.1) is 11.1 Å². The number of hydrogen-bond acceptors (Lipinski definition) is 5. The van der Waals surface area contributed by atoms with Crippen molar-refractivity contribution in [3.8, 4) is 0 Å². The molecule has 1 rings (SSSR count). The molecule has 0 unspecified atom stereocenters. The van der Waals surface area contributed by atoms with Gasteiger partial charge in [-0.3, -0.25) is 0 Å². The van der Waals surface area contributed by atoms with E-state index in [0.29, 0.717) is 4.97 Å². The van der Waals surface area contributed by atoms with E-state index in [0.717, 1.165) is 18.8 Å². The molecule has 0 N–H and O–H groups in total. The van der Waals surface area contributed by atoms with Crippen molar-refractivity contribution in [2.24, 2.45) is 11.2 Å². The van der Waals surface area contributed by atoms with Crippen molar-refractivity contribution in [1.29, 1.82) is 0 Å². The minimum absolute atomic E-state index is 0.109. The van der Waals surface area contributed by atoms with Gasteiger partial charge >= 0.3 is 6.15 Å². The van der Waals surface area contributed by atoms with Gasteiger partial charge in [-0.1, -0.05) is 13.3 Å². The third kappa shape index (κ3) is 7.66. The Morgan fingerprint density at radius 1 is 1.29 bits per heavy atom. The molecule has 0 radical (unpaired) electrons. The molecule has 7 nitrogen and oxygen atoms in total. The minimum atomic E-state index is -0.255. The van der Waals surface area contributed by atoms with Gasteiger partial charge in [-0.2, -0.15) is 9.59 Å². The van der Waals surface area contributed by atoms with Crippen LogP contribution >= 0.6 is 0 Å². The van der Waals surface area contributed by atoms with Gasteiger partial charge in [-0.25, -0.2) is 0 Å². The number of carbonyl (C=O) groups excluding carboxylic acids is 2. The van der Waals surface area contributed by atoms with E-state index in [2.05, 4.69) is 12.2 Å². The van der Waals surface area contributed by atoms with Crippen LogP contribution in [-0.4, -0.2) is 34.8 Å². The Morgan fingerprint density at radius 2 is 1.76 bits per heavy atom. The van der Waals surface area contributed by atoms with Gasteiger partial charge in [0.25, 0.3) is 0 Å². The fourth-order valence-electron chi connectivity index (χ4n) is 2.06. The van der Waals surface area contributed by atoms with Crippen molar-refractivity contribution in [3.05, 3.63) is 5.21 Å². The SMILES string of the molecule is CCC1CCC(O/N=[N+](\[O-])N(C)C(C)(C)C)CC1.O=C=O. The van der Waals surface area contributed by atoms with E-state index in [1.165, 1.54) is 24.3 Å². The summed E-state index contributed by atoms with van der Waals surface area (Å²) in [5.74, 6) is 0.824. The van der Waals surface area contributed by atoms with Gasteiger partial charge in [0.15, 0.2) is 0 Å². The molecular weight excluding hydrogens is 274 g/mol. The summed E-state index contributed by atoms with van der Waals surface area (Å²) in [4.78, 5) is 22.1. The van der Waals surface area contributed by atoms with Crippen LogP contribution in [0.25, 0.3) is 0 Å². The van der Waals surface area contributed by atoms with Gasteiger partial charge in [0.05, 0.1) is 17.6 Å². The van der Waals surface area contributed by atoms with Gasteiger partial charge < -0.3 is 10.0 Å². The molecule has 7 heteroatoms. The van der Waals surface area contributed by atoms with Gasteiger partial charge in [0.2, 0.25) is 5.28 Å². The number of hydrazine groups is 1. The second-order valence-electron chi connectivity index (χ2n) is 6.27. The number of hydrogen-bond donors (Lipinski definition) is 0. The highest BCUT2D eigenvalue weighted by Crippen LogP contribution is 2.28. The molecule has 0 aromatic carbocycles. The third-order valence-corrected chi connectivity index (χ3v) is 3.86. The van der Waals surface area contributed by atoms with Crippen molar-refractivity contribution in [3.63, 3.8) is 0 Å². The minimum Gasteiger partial charge on any atom is -0.569 e. The molecule has 0 saturated heterocycles. The van der Waals surface area contributed by atoms with E-state index >= 15 is 0 Å². The Labute approximate surface area is 126 Å². The maximum atomic E-state index is 11.7. The Bertz CT molecular complexity index is 352. The smallest absolute Gasteiger partial charge is 0.373 e. The van der Waals surface area contributed by atoms with Crippen molar-refractivity contribution >= 4 is 6.15 Å². The van der Waals surface area contributed by atoms with E-state index in [-0.39, 0.29) is 17.8 Å². The van der Waals surface area contributed by atoms with Crippen LogP contribution in [0.1, 0.15) is 59.8 Å². The number of rotatable bonds is 4. The summed E-state index contributed by atoms with van der Waals surface area (Å²) >= 11 is 0. The summed E-state index contributed by atoms with van der Waals surface area (Å²) in [6, 6.07) is 0. The molecule has 0 amide bonds. The highest BCUT2D eigenvalue weighted by molar-refractivity contribution is 5.20. The largest absolute Gasteiger partial charge is 0.569 e. The lowest BCUT2D eigenvalue weighted by molar-refractivity contribution is -0.720. The highest BCUT2D eigenvalue weighted by atomic mass is 16.7. The molecular formula is C14H27N3O4. The van der Waals surface area contributed by atoms with Crippen molar-refractivity contribution < 1.29 is 19.4 Å². The zero-order chi connectivity index (χ0) is 16.5. The Balaban J connectivity index is 0.00000122. The summed E-state index contributed by atoms with van der Waals surface area (Å²) in [6.07, 6.45) is 5.99. The first-order chi connectivity index (χ1) is 9.76. The fraction of sp³-hybridized carbons (Fsp3) is 0.929. The summed E-state index contributed by atoms with van der Waals surface area (Å²) in [7, 11) is 1.72. The zero-order valence-electron chi connectivity index (χ0n) is 13.7. The van der Waals surface area contributed by atoms with E-state index in [4.69, 9.17) is 14.4 Å². The van der Waals surface area contributed by atoms with Crippen molar-refractivity contribution in [1.82, 2.24) is 5.01 Å². The molecule has 0 bridgehead atoms. The average Bonchev–Trinajstić information content (AvgIpc) is 2.44. The predicted molar refractivity (Wildman–Crippen MR) is 75.7 cm³/mol. The molecule has 1 fully saturated rings. The maximum Gasteiger partial charge on any atom is 0.373 e. The molecule has 0 heterocycles. The Morgan fingerprint density at radius 3 is 2.14 bits per heavy atom. The molecule has 0 atom stereocenters. The van der Waals surface area contributed by atoms with Crippen LogP contribution in [0.4, 0.5) is 0 Å². The Kier molecular flexibility index (Phi) is 8.62. The summed E-state index contributed by atoms with van der Waals surface area (Å²) in [5.41, 5.74) is -0.255. The first-order valence-corrected chi connectivity index (χ1v) is 7.33. The molecule has 122 valence electrons. The monoisotopic (exact) mass is 301 g/mol. The second kappa shape index (κ2) is 9.34. The van der Waals surface area contributed by atoms with Crippen LogP contribution in [-0.2, 0) is 14.4 Å². The summed E-state index contributed by atoms with van der Waals surface area (Å²) in [5, 5.41) is 16.9. The number of nitrogens with zero attached hydrogens (tertiary/aromatic N) is 3. The third-order valence-electron chi connectivity index (χ3n) is 3.86. The lowest BCUT2D eigenvalue weighted by Gasteiger charge is -2.28. The second-order valence-corrected chi connectivity index (χ2v) is 6.27. The molecule has 0 aromatic rings. The standard InChI is InChI=1S/C13H27N3O2.CO2/c1-6-11-7-9-12(10-8-11)18-14-16(17)15(5)13(2,3)4;2-1-3/h11-12H,6-10H2,1-5H3;/b16-14-;. The Hall–Kier alpha value is -1.62. The van der Waals surface area contributed by atoms with Gasteiger partial charge in [-0.05, 0) is 52.4 Å². The van der Waals surface area contributed by atoms with Crippen LogP contribution in [0.2, 0.25) is 0 Å². The summed E-state index contributed by atoms with van der Waals surface area (Å²) < 4.78 is 0. The lowest BCUT2D eigenvalue weighted by atomic mass is 9.86. The van der Waals surface area contributed by atoms with E-state index < -0.39 is 0 Å². The molecule has 1 aliphatic rings. The quantitative estimate of drug-likeness (QED) is 0.453. The zero-order valence-corrected chi connectivity index (χ0v) is 13.7. The first kappa shape index (κ1) is 19.4. The molecule has 1 aliphatic carbocycles. The molecule has 1 saturated carbocycles. The van der Waals surface area contributed by atoms with Crippen molar-refractivity contribution in [2.75, 3.05) is 7.05 Å². The lowest BCUT2D eigenvalue weighted by Crippen LogP contribution is -2.42.